The summed E-state index contributed by atoms with van der Waals surface area (Å²) < 4.78 is 5.58. The van der Waals surface area contributed by atoms with E-state index in [0.717, 1.165) is 11.1 Å². The third-order valence-electron chi connectivity index (χ3n) is 4.27. The Bertz CT molecular complexity index is 799. The predicted molar refractivity (Wildman–Crippen MR) is 94.3 cm³/mol. The summed E-state index contributed by atoms with van der Waals surface area (Å²) in [6, 6.07) is 7.66. The van der Waals surface area contributed by atoms with Gasteiger partial charge in [0.15, 0.2) is 0 Å². The summed E-state index contributed by atoms with van der Waals surface area (Å²) in [6.07, 6.45) is 1.95. The highest BCUT2D eigenvalue weighted by atomic mass is 16.5. The van der Waals surface area contributed by atoms with Crippen LogP contribution in [0.5, 0.6) is 0 Å². The Hall–Kier alpha value is -2.51. The van der Waals surface area contributed by atoms with Crippen molar-refractivity contribution in [1.29, 1.82) is 0 Å². The standard InChI is InChI=1S/C18H22N4O3/c1-12-2-4-13(5-3-12)16-20-10-15(17(23)21-16)18(24)22-8-9-25-14(11-22)6-7-19/h2-5,10,14H,6-9,11,19H2,1H3,(H,20,21,23). The van der Waals surface area contributed by atoms with Crippen molar-refractivity contribution in [3.05, 3.63) is 51.9 Å². The van der Waals surface area contributed by atoms with Crippen molar-refractivity contribution in [2.45, 2.75) is 19.4 Å². The van der Waals surface area contributed by atoms with E-state index in [0.29, 0.717) is 38.5 Å². The average Bonchev–Trinajstić information content (AvgIpc) is 2.62. The van der Waals surface area contributed by atoms with Crippen LogP contribution in [0.1, 0.15) is 22.3 Å². The molecule has 1 fully saturated rings. The monoisotopic (exact) mass is 342 g/mol. The van der Waals surface area contributed by atoms with Gasteiger partial charge in [-0.1, -0.05) is 29.8 Å². The molecule has 25 heavy (non-hydrogen) atoms. The van der Waals surface area contributed by atoms with Crippen molar-refractivity contribution in [2.75, 3.05) is 26.2 Å². The van der Waals surface area contributed by atoms with Crippen LogP contribution in [0.15, 0.2) is 35.3 Å². The zero-order chi connectivity index (χ0) is 17.8. The van der Waals surface area contributed by atoms with Crippen molar-refractivity contribution in [3.63, 3.8) is 0 Å². The molecule has 1 saturated heterocycles. The maximum Gasteiger partial charge on any atom is 0.264 e. The summed E-state index contributed by atoms with van der Waals surface area (Å²) >= 11 is 0. The molecule has 0 aliphatic carbocycles. The fourth-order valence-corrected chi connectivity index (χ4v) is 2.84. The van der Waals surface area contributed by atoms with Crippen LogP contribution in [0.4, 0.5) is 0 Å². The lowest BCUT2D eigenvalue weighted by Crippen LogP contribution is -2.47. The molecule has 1 unspecified atom stereocenters. The molecule has 0 radical (unpaired) electrons. The molecule has 1 atom stereocenters. The molecular weight excluding hydrogens is 320 g/mol. The second-order valence-electron chi connectivity index (χ2n) is 6.16. The van der Waals surface area contributed by atoms with E-state index in [9.17, 15) is 9.59 Å². The van der Waals surface area contributed by atoms with Gasteiger partial charge in [-0.05, 0) is 19.9 Å². The summed E-state index contributed by atoms with van der Waals surface area (Å²) in [5.41, 5.74) is 7.09. The van der Waals surface area contributed by atoms with Crippen LogP contribution in [0, 0.1) is 6.92 Å². The van der Waals surface area contributed by atoms with Gasteiger partial charge in [0.05, 0.1) is 12.7 Å². The molecule has 1 aromatic carbocycles. The molecule has 132 valence electrons. The van der Waals surface area contributed by atoms with Crippen LogP contribution in [0.25, 0.3) is 11.4 Å². The fraction of sp³-hybridized carbons (Fsp3) is 0.389. The number of rotatable bonds is 4. The Morgan fingerprint density at radius 3 is 2.84 bits per heavy atom. The number of morpholine rings is 1. The number of benzene rings is 1. The Labute approximate surface area is 145 Å². The first kappa shape index (κ1) is 17.3. The topological polar surface area (TPSA) is 101 Å². The number of nitrogens with one attached hydrogen (secondary N) is 1. The zero-order valence-corrected chi connectivity index (χ0v) is 14.2. The van der Waals surface area contributed by atoms with Gasteiger partial charge in [-0.2, -0.15) is 0 Å². The van der Waals surface area contributed by atoms with E-state index in [1.54, 1.807) is 4.90 Å². The fourth-order valence-electron chi connectivity index (χ4n) is 2.84. The average molecular weight is 342 g/mol. The smallest absolute Gasteiger partial charge is 0.264 e. The quantitative estimate of drug-likeness (QED) is 0.861. The highest BCUT2D eigenvalue weighted by Gasteiger charge is 2.26. The first-order valence-electron chi connectivity index (χ1n) is 8.36. The molecule has 0 bridgehead atoms. The van der Waals surface area contributed by atoms with E-state index in [4.69, 9.17) is 10.5 Å². The summed E-state index contributed by atoms with van der Waals surface area (Å²) in [7, 11) is 0. The normalized spacial score (nSPS) is 17.5. The first-order chi connectivity index (χ1) is 12.1. The van der Waals surface area contributed by atoms with Gasteiger partial charge >= 0.3 is 0 Å². The Morgan fingerprint density at radius 2 is 2.16 bits per heavy atom. The first-order valence-corrected chi connectivity index (χ1v) is 8.36. The van der Waals surface area contributed by atoms with E-state index in [2.05, 4.69) is 9.97 Å². The minimum absolute atomic E-state index is 0.0456. The molecule has 1 amide bonds. The number of H-pyrrole nitrogens is 1. The van der Waals surface area contributed by atoms with E-state index < -0.39 is 5.56 Å². The molecule has 0 saturated carbocycles. The molecule has 1 aliphatic heterocycles. The number of ether oxygens (including phenoxy) is 1. The number of carbonyl (C=O) groups is 1. The van der Waals surface area contributed by atoms with E-state index in [1.807, 2.05) is 31.2 Å². The molecule has 0 spiro atoms. The van der Waals surface area contributed by atoms with Crippen LogP contribution < -0.4 is 11.3 Å². The van der Waals surface area contributed by atoms with Crippen LogP contribution >= 0.6 is 0 Å². The third kappa shape index (κ3) is 3.94. The molecule has 1 aromatic heterocycles. The summed E-state index contributed by atoms with van der Waals surface area (Å²) in [5, 5.41) is 0. The van der Waals surface area contributed by atoms with Crippen LogP contribution in [-0.4, -0.2) is 53.1 Å². The maximum absolute atomic E-state index is 12.6. The van der Waals surface area contributed by atoms with Gasteiger partial charge < -0.3 is 20.4 Å². The van der Waals surface area contributed by atoms with Gasteiger partial charge in [-0.3, -0.25) is 9.59 Å². The number of nitrogens with two attached hydrogens (primary N) is 1. The van der Waals surface area contributed by atoms with Crippen LogP contribution in [0.3, 0.4) is 0 Å². The molecule has 7 heteroatoms. The molecule has 3 rings (SSSR count). The molecule has 7 nitrogen and oxygen atoms in total. The lowest BCUT2D eigenvalue weighted by atomic mass is 10.1. The van der Waals surface area contributed by atoms with Gasteiger partial charge in [-0.15, -0.1) is 0 Å². The second kappa shape index (κ2) is 7.58. The Kier molecular flexibility index (Phi) is 5.25. The lowest BCUT2D eigenvalue weighted by Gasteiger charge is -2.32. The minimum Gasteiger partial charge on any atom is -0.374 e. The number of nitrogens with zero attached hydrogens (tertiary/aromatic N) is 2. The number of aromatic amines is 1. The van der Waals surface area contributed by atoms with E-state index >= 15 is 0 Å². The van der Waals surface area contributed by atoms with Crippen molar-refractivity contribution in [1.82, 2.24) is 14.9 Å². The summed E-state index contributed by atoms with van der Waals surface area (Å²) in [4.78, 5) is 33.6. The zero-order valence-electron chi connectivity index (χ0n) is 14.2. The van der Waals surface area contributed by atoms with E-state index in [-0.39, 0.29) is 17.6 Å². The minimum atomic E-state index is -0.433. The maximum atomic E-state index is 12.6. The molecule has 2 heterocycles. The van der Waals surface area contributed by atoms with Crippen LogP contribution in [0.2, 0.25) is 0 Å². The van der Waals surface area contributed by atoms with Crippen molar-refractivity contribution in [2.24, 2.45) is 5.73 Å². The van der Waals surface area contributed by atoms with Gasteiger partial charge in [0, 0.05) is 24.8 Å². The van der Waals surface area contributed by atoms with Crippen molar-refractivity contribution in [3.8, 4) is 11.4 Å². The van der Waals surface area contributed by atoms with Gasteiger partial charge in [0.25, 0.3) is 11.5 Å². The van der Waals surface area contributed by atoms with Gasteiger partial charge in [-0.25, -0.2) is 4.98 Å². The Morgan fingerprint density at radius 1 is 1.40 bits per heavy atom. The number of aryl methyl sites for hydroxylation is 1. The predicted octanol–water partition coefficient (Wildman–Crippen LogP) is 0.935. The largest absolute Gasteiger partial charge is 0.374 e. The lowest BCUT2D eigenvalue weighted by molar-refractivity contribution is -0.0237. The number of hydrogen-bond donors (Lipinski definition) is 2. The number of hydrogen-bond acceptors (Lipinski definition) is 5. The third-order valence-corrected chi connectivity index (χ3v) is 4.27. The Balaban J connectivity index is 1.79. The molecule has 1 aliphatic rings. The highest BCUT2D eigenvalue weighted by molar-refractivity contribution is 5.93. The van der Waals surface area contributed by atoms with Crippen molar-refractivity contribution >= 4 is 5.91 Å². The summed E-state index contributed by atoms with van der Waals surface area (Å²) in [6.45, 7) is 3.83. The number of carbonyl (C=O) groups excluding carboxylic acids is 1. The summed E-state index contributed by atoms with van der Waals surface area (Å²) in [5.74, 6) is 0.124. The molecular formula is C18H22N4O3. The SMILES string of the molecule is Cc1ccc(-c2ncc(C(=O)N3CCOC(CCN)C3)c(=O)[nH]2)cc1. The van der Waals surface area contributed by atoms with Gasteiger partial charge in [0.1, 0.15) is 11.4 Å². The van der Waals surface area contributed by atoms with Gasteiger partial charge in [0.2, 0.25) is 0 Å². The van der Waals surface area contributed by atoms with Crippen molar-refractivity contribution < 1.29 is 9.53 Å². The van der Waals surface area contributed by atoms with Crippen LogP contribution in [-0.2, 0) is 4.74 Å². The number of aromatic nitrogens is 2. The van der Waals surface area contributed by atoms with E-state index in [1.165, 1.54) is 6.20 Å². The molecule has 3 N–H and O–H groups in total. The molecule has 2 aromatic rings. The second-order valence-corrected chi connectivity index (χ2v) is 6.16. The number of amides is 1. The highest BCUT2D eigenvalue weighted by Crippen LogP contribution is 2.15.